The molecule has 0 amide bonds. The van der Waals surface area contributed by atoms with Crippen molar-refractivity contribution in [2.45, 2.75) is 17.7 Å². The third kappa shape index (κ3) is 3.25. The number of benzene rings is 1. The molecule has 0 saturated carbocycles. The second-order valence-corrected chi connectivity index (χ2v) is 9.86. The number of sulfonamides is 1. The van der Waals surface area contributed by atoms with Gasteiger partial charge in [0.1, 0.15) is 4.21 Å². The molecule has 4 rings (SSSR count). The van der Waals surface area contributed by atoms with Crippen LogP contribution in [0.15, 0.2) is 46.8 Å². The molecule has 0 unspecified atom stereocenters. The standard InChI is InChI=1S/C18H21N3O2S2/c1-14-6-7-18(24-14)25(22,23)21-10-8-20(9-11-21)13-15-12-19-17-5-3-2-4-16(15)17/h2-7,12,19H,8-11,13H2,1H3. The summed E-state index contributed by atoms with van der Waals surface area (Å²) < 4.78 is 27.5. The van der Waals surface area contributed by atoms with Gasteiger partial charge in [-0.1, -0.05) is 18.2 Å². The fourth-order valence-electron chi connectivity index (χ4n) is 3.31. The normalized spacial score (nSPS) is 17.3. The third-order valence-electron chi connectivity index (χ3n) is 4.71. The molecular weight excluding hydrogens is 354 g/mol. The van der Waals surface area contributed by atoms with E-state index in [2.05, 4.69) is 28.2 Å². The van der Waals surface area contributed by atoms with Crippen molar-refractivity contribution in [2.24, 2.45) is 0 Å². The van der Waals surface area contributed by atoms with Gasteiger partial charge in [0.15, 0.2) is 0 Å². The lowest BCUT2D eigenvalue weighted by Gasteiger charge is -2.33. The predicted octanol–water partition coefficient (Wildman–Crippen LogP) is 3.04. The molecule has 1 aliphatic rings. The zero-order chi connectivity index (χ0) is 17.4. The molecule has 0 spiro atoms. The van der Waals surface area contributed by atoms with E-state index in [1.807, 2.05) is 25.1 Å². The van der Waals surface area contributed by atoms with Crippen molar-refractivity contribution in [3.8, 4) is 0 Å². The molecule has 0 bridgehead atoms. The summed E-state index contributed by atoms with van der Waals surface area (Å²) in [5, 5.41) is 1.24. The second-order valence-electron chi connectivity index (χ2n) is 6.40. The van der Waals surface area contributed by atoms with Gasteiger partial charge in [-0.05, 0) is 30.7 Å². The first-order chi connectivity index (χ1) is 12.0. The maximum Gasteiger partial charge on any atom is 0.252 e. The van der Waals surface area contributed by atoms with Gasteiger partial charge in [0.05, 0.1) is 0 Å². The summed E-state index contributed by atoms with van der Waals surface area (Å²) in [6.07, 6.45) is 2.06. The van der Waals surface area contributed by atoms with Gasteiger partial charge in [0.2, 0.25) is 0 Å². The Balaban J connectivity index is 1.43. The number of aryl methyl sites for hydroxylation is 1. The van der Waals surface area contributed by atoms with Crippen molar-refractivity contribution in [1.29, 1.82) is 0 Å². The molecule has 0 aliphatic carbocycles. The number of para-hydroxylation sites is 1. The van der Waals surface area contributed by atoms with E-state index in [9.17, 15) is 8.42 Å². The molecule has 1 aliphatic heterocycles. The number of nitrogens with one attached hydrogen (secondary N) is 1. The number of fused-ring (bicyclic) bond motifs is 1. The summed E-state index contributed by atoms with van der Waals surface area (Å²) in [6.45, 7) is 5.37. The largest absolute Gasteiger partial charge is 0.361 e. The number of hydrogen-bond acceptors (Lipinski definition) is 4. The number of thiophene rings is 1. The predicted molar refractivity (Wildman–Crippen MR) is 101 cm³/mol. The average Bonchev–Trinajstić information content (AvgIpc) is 3.23. The first-order valence-corrected chi connectivity index (χ1v) is 10.6. The van der Waals surface area contributed by atoms with Crippen LogP contribution in [-0.4, -0.2) is 48.8 Å². The Morgan fingerprint density at radius 1 is 1.08 bits per heavy atom. The van der Waals surface area contributed by atoms with Crippen LogP contribution in [0.5, 0.6) is 0 Å². The van der Waals surface area contributed by atoms with Gasteiger partial charge in [0.25, 0.3) is 10.0 Å². The van der Waals surface area contributed by atoms with Crippen LogP contribution in [-0.2, 0) is 16.6 Å². The number of nitrogens with zero attached hydrogens (tertiary/aromatic N) is 2. The number of aromatic amines is 1. The molecule has 2 aromatic heterocycles. The molecule has 5 nitrogen and oxygen atoms in total. The van der Waals surface area contributed by atoms with E-state index in [4.69, 9.17) is 0 Å². The Morgan fingerprint density at radius 3 is 2.56 bits per heavy atom. The van der Waals surface area contributed by atoms with Gasteiger partial charge in [-0.15, -0.1) is 11.3 Å². The molecule has 1 saturated heterocycles. The summed E-state index contributed by atoms with van der Waals surface area (Å²) >= 11 is 1.35. The van der Waals surface area contributed by atoms with Gasteiger partial charge in [-0.2, -0.15) is 4.31 Å². The Hall–Kier alpha value is -1.67. The van der Waals surface area contributed by atoms with E-state index >= 15 is 0 Å². The minimum Gasteiger partial charge on any atom is -0.361 e. The van der Waals surface area contributed by atoms with Crippen LogP contribution in [0.3, 0.4) is 0 Å². The fourth-order valence-corrected chi connectivity index (χ4v) is 6.17. The van der Waals surface area contributed by atoms with Gasteiger partial charge in [-0.3, -0.25) is 4.90 Å². The van der Waals surface area contributed by atoms with Crippen LogP contribution in [0, 0.1) is 6.92 Å². The van der Waals surface area contributed by atoms with Crippen molar-refractivity contribution in [2.75, 3.05) is 26.2 Å². The number of piperazine rings is 1. The average molecular weight is 376 g/mol. The number of H-pyrrole nitrogens is 1. The number of rotatable bonds is 4. The Labute approximate surface area is 151 Å². The highest BCUT2D eigenvalue weighted by Crippen LogP contribution is 2.26. The first kappa shape index (κ1) is 16.8. The Bertz CT molecular complexity index is 983. The SMILES string of the molecule is Cc1ccc(S(=O)(=O)N2CCN(Cc3c[nH]c4ccccc34)CC2)s1. The molecule has 1 aromatic carbocycles. The van der Waals surface area contributed by atoms with Crippen molar-refractivity contribution >= 4 is 32.3 Å². The molecule has 3 aromatic rings. The summed E-state index contributed by atoms with van der Waals surface area (Å²) in [5.74, 6) is 0. The highest BCUT2D eigenvalue weighted by molar-refractivity contribution is 7.91. The maximum atomic E-state index is 12.7. The van der Waals surface area contributed by atoms with E-state index in [0.717, 1.165) is 30.0 Å². The zero-order valence-electron chi connectivity index (χ0n) is 14.1. The number of aromatic nitrogens is 1. The molecule has 1 fully saturated rings. The van der Waals surface area contributed by atoms with Crippen LogP contribution >= 0.6 is 11.3 Å². The van der Waals surface area contributed by atoms with Crippen molar-refractivity contribution in [3.63, 3.8) is 0 Å². The summed E-state index contributed by atoms with van der Waals surface area (Å²) in [7, 11) is -3.34. The highest BCUT2D eigenvalue weighted by atomic mass is 32.2. The van der Waals surface area contributed by atoms with E-state index in [0.29, 0.717) is 17.3 Å². The van der Waals surface area contributed by atoms with E-state index in [-0.39, 0.29) is 0 Å². The molecule has 7 heteroatoms. The quantitative estimate of drug-likeness (QED) is 0.763. The first-order valence-electron chi connectivity index (χ1n) is 8.38. The summed E-state index contributed by atoms with van der Waals surface area (Å²) in [6, 6.07) is 11.9. The van der Waals surface area contributed by atoms with Gasteiger partial charge in [-0.25, -0.2) is 8.42 Å². The van der Waals surface area contributed by atoms with E-state index < -0.39 is 10.0 Å². The Morgan fingerprint density at radius 2 is 1.84 bits per heavy atom. The second kappa shape index (κ2) is 6.57. The lowest BCUT2D eigenvalue weighted by molar-refractivity contribution is 0.182. The molecule has 3 heterocycles. The molecular formula is C18H21N3O2S2. The van der Waals surface area contributed by atoms with Crippen LogP contribution in [0.1, 0.15) is 10.4 Å². The minimum absolute atomic E-state index is 0.454. The number of hydrogen-bond donors (Lipinski definition) is 1. The Kier molecular flexibility index (Phi) is 4.41. The van der Waals surface area contributed by atoms with Crippen LogP contribution in [0.4, 0.5) is 0 Å². The van der Waals surface area contributed by atoms with Crippen LogP contribution < -0.4 is 0 Å². The molecule has 0 atom stereocenters. The smallest absolute Gasteiger partial charge is 0.252 e. The van der Waals surface area contributed by atoms with E-state index in [1.165, 1.54) is 22.3 Å². The minimum atomic E-state index is -3.34. The third-order valence-corrected chi connectivity index (χ3v) is 8.08. The van der Waals surface area contributed by atoms with E-state index in [1.54, 1.807) is 10.4 Å². The fraction of sp³-hybridized carbons (Fsp3) is 0.333. The lowest BCUT2D eigenvalue weighted by atomic mass is 10.1. The van der Waals surface area contributed by atoms with Gasteiger partial charge in [0, 0.05) is 54.7 Å². The summed E-state index contributed by atoms with van der Waals surface area (Å²) in [5.41, 5.74) is 2.41. The zero-order valence-corrected chi connectivity index (χ0v) is 15.7. The molecule has 1 N–H and O–H groups in total. The van der Waals surface area contributed by atoms with Gasteiger partial charge >= 0.3 is 0 Å². The van der Waals surface area contributed by atoms with Crippen LogP contribution in [0.2, 0.25) is 0 Å². The lowest BCUT2D eigenvalue weighted by Crippen LogP contribution is -2.48. The van der Waals surface area contributed by atoms with Crippen molar-refractivity contribution < 1.29 is 8.42 Å². The molecule has 25 heavy (non-hydrogen) atoms. The molecule has 132 valence electrons. The summed E-state index contributed by atoms with van der Waals surface area (Å²) in [4.78, 5) is 6.65. The maximum absolute atomic E-state index is 12.7. The van der Waals surface area contributed by atoms with Crippen molar-refractivity contribution in [3.05, 3.63) is 53.0 Å². The monoisotopic (exact) mass is 375 g/mol. The molecule has 0 radical (unpaired) electrons. The topological polar surface area (TPSA) is 56.4 Å². The van der Waals surface area contributed by atoms with Crippen LogP contribution in [0.25, 0.3) is 10.9 Å². The highest BCUT2D eigenvalue weighted by Gasteiger charge is 2.29. The van der Waals surface area contributed by atoms with Crippen molar-refractivity contribution in [1.82, 2.24) is 14.2 Å². The van der Waals surface area contributed by atoms with Gasteiger partial charge < -0.3 is 4.98 Å².